The molecule has 0 aromatic heterocycles. The van der Waals surface area contributed by atoms with Gasteiger partial charge in [-0.05, 0) is 45.4 Å². The van der Waals surface area contributed by atoms with Crippen molar-refractivity contribution in [3.63, 3.8) is 0 Å². The lowest BCUT2D eigenvalue weighted by atomic mass is 9.87. The van der Waals surface area contributed by atoms with Gasteiger partial charge in [0.15, 0.2) is 6.29 Å². The second-order valence-corrected chi connectivity index (χ2v) is 6.67. The van der Waals surface area contributed by atoms with Crippen LogP contribution in [0.2, 0.25) is 0 Å². The fourth-order valence-electron chi connectivity index (χ4n) is 3.53. The molecule has 96 valence electrons. The molecule has 3 fully saturated rings. The molecule has 1 N–H and O–H groups in total. The second kappa shape index (κ2) is 3.45. The fourth-order valence-corrected chi connectivity index (χ4v) is 3.53. The van der Waals surface area contributed by atoms with E-state index in [-0.39, 0.29) is 24.1 Å². The SMILES string of the molecule is CC(C)(C)C(=O)OC1C2CC3C(O)OC1C3C2. The summed E-state index contributed by atoms with van der Waals surface area (Å²) >= 11 is 0. The smallest absolute Gasteiger partial charge is 0.311 e. The second-order valence-electron chi connectivity index (χ2n) is 6.67. The van der Waals surface area contributed by atoms with Crippen LogP contribution in [0.5, 0.6) is 0 Å². The predicted molar refractivity (Wildman–Crippen MR) is 59.9 cm³/mol. The average molecular weight is 240 g/mol. The fraction of sp³-hybridized carbons (Fsp3) is 0.923. The van der Waals surface area contributed by atoms with E-state index >= 15 is 0 Å². The highest BCUT2D eigenvalue weighted by Crippen LogP contribution is 2.56. The predicted octanol–water partition coefficient (Wildman–Crippen LogP) is 1.32. The number of carbonyl (C=O) groups excluding carboxylic acids is 1. The van der Waals surface area contributed by atoms with Gasteiger partial charge < -0.3 is 14.6 Å². The minimum Gasteiger partial charge on any atom is -0.459 e. The molecule has 3 aliphatic rings. The zero-order valence-electron chi connectivity index (χ0n) is 10.6. The number of hydrogen-bond donors (Lipinski definition) is 1. The first-order chi connectivity index (χ1) is 7.88. The van der Waals surface area contributed by atoms with Crippen molar-refractivity contribution in [3.05, 3.63) is 0 Å². The maximum atomic E-state index is 11.9. The molecule has 0 spiro atoms. The highest BCUT2D eigenvalue weighted by molar-refractivity contribution is 5.75. The number of esters is 1. The maximum Gasteiger partial charge on any atom is 0.311 e. The normalized spacial score (nSPS) is 47.5. The summed E-state index contributed by atoms with van der Waals surface area (Å²) in [5, 5.41) is 9.75. The molecule has 0 aromatic rings. The van der Waals surface area contributed by atoms with Crippen LogP contribution in [0.15, 0.2) is 0 Å². The summed E-state index contributed by atoms with van der Waals surface area (Å²) in [7, 11) is 0. The zero-order valence-corrected chi connectivity index (χ0v) is 10.6. The number of hydrogen-bond acceptors (Lipinski definition) is 4. The van der Waals surface area contributed by atoms with Gasteiger partial charge in [0.25, 0.3) is 0 Å². The third kappa shape index (κ3) is 1.61. The molecule has 0 aromatic carbocycles. The lowest BCUT2D eigenvalue weighted by molar-refractivity contribution is -0.173. The van der Waals surface area contributed by atoms with E-state index in [1.54, 1.807) is 0 Å². The van der Waals surface area contributed by atoms with Crippen LogP contribution in [0.3, 0.4) is 0 Å². The number of rotatable bonds is 1. The molecule has 1 aliphatic heterocycles. The Morgan fingerprint density at radius 3 is 2.59 bits per heavy atom. The summed E-state index contributed by atoms with van der Waals surface area (Å²) in [6, 6.07) is 0. The van der Waals surface area contributed by atoms with E-state index in [4.69, 9.17) is 9.47 Å². The van der Waals surface area contributed by atoms with Crippen LogP contribution in [-0.2, 0) is 14.3 Å². The summed E-state index contributed by atoms with van der Waals surface area (Å²) in [5.74, 6) is 0.886. The van der Waals surface area contributed by atoms with Crippen molar-refractivity contribution in [2.24, 2.45) is 23.2 Å². The van der Waals surface area contributed by atoms with Gasteiger partial charge in [-0.3, -0.25) is 4.79 Å². The Morgan fingerprint density at radius 1 is 1.29 bits per heavy atom. The summed E-state index contributed by atoms with van der Waals surface area (Å²) in [4.78, 5) is 11.9. The van der Waals surface area contributed by atoms with Crippen molar-refractivity contribution in [1.29, 1.82) is 0 Å². The van der Waals surface area contributed by atoms with Gasteiger partial charge in [0.1, 0.15) is 12.2 Å². The van der Waals surface area contributed by atoms with E-state index < -0.39 is 11.7 Å². The van der Waals surface area contributed by atoms with Crippen LogP contribution in [0.25, 0.3) is 0 Å². The van der Waals surface area contributed by atoms with E-state index in [0.29, 0.717) is 11.8 Å². The van der Waals surface area contributed by atoms with Crippen molar-refractivity contribution >= 4 is 5.97 Å². The number of aliphatic hydroxyl groups excluding tert-OH is 1. The van der Waals surface area contributed by atoms with Gasteiger partial charge in [0.05, 0.1) is 5.41 Å². The Morgan fingerprint density at radius 2 is 1.94 bits per heavy atom. The van der Waals surface area contributed by atoms with E-state index in [9.17, 15) is 9.90 Å². The van der Waals surface area contributed by atoms with Gasteiger partial charge in [0.2, 0.25) is 0 Å². The molecule has 17 heavy (non-hydrogen) atoms. The molecule has 3 rings (SSSR count). The Balaban J connectivity index is 1.73. The number of ether oxygens (including phenoxy) is 2. The zero-order chi connectivity index (χ0) is 12.4. The van der Waals surface area contributed by atoms with Crippen LogP contribution in [0, 0.1) is 23.2 Å². The number of fused-ring (bicyclic) bond motifs is 1. The van der Waals surface area contributed by atoms with Crippen molar-refractivity contribution in [2.45, 2.75) is 52.1 Å². The molecule has 2 saturated carbocycles. The van der Waals surface area contributed by atoms with Gasteiger partial charge in [-0.25, -0.2) is 0 Å². The molecule has 4 nitrogen and oxygen atoms in total. The van der Waals surface area contributed by atoms with E-state index in [1.807, 2.05) is 20.8 Å². The highest BCUT2D eigenvalue weighted by atomic mass is 16.6. The summed E-state index contributed by atoms with van der Waals surface area (Å²) < 4.78 is 11.2. The van der Waals surface area contributed by atoms with Crippen molar-refractivity contribution < 1.29 is 19.4 Å². The molecule has 6 atom stereocenters. The summed E-state index contributed by atoms with van der Waals surface area (Å²) in [6.07, 6.45) is 1.12. The standard InChI is InChI=1S/C13H20O4/c1-13(2,3)12(15)17-9-6-4-7-8(5-6)11(14)16-10(7)9/h6-11,14H,4-5H2,1-3H3. The van der Waals surface area contributed by atoms with Gasteiger partial charge in [0, 0.05) is 5.92 Å². The van der Waals surface area contributed by atoms with Crippen LogP contribution in [0.4, 0.5) is 0 Å². The lowest BCUT2D eigenvalue weighted by Gasteiger charge is -2.29. The maximum absolute atomic E-state index is 11.9. The Labute approximate surface area is 101 Å². The van der Waals surface area contributed by atoms with Gasteiger partial charge in [-0.15, -0.1) is 0 Å². The molecule has 1 saturated heterocycles. The molecule has 0 amide bonds. The number of aliphatic hydroxyl groups is 1. The van der Waals surface area contributed by atoms with E-state index in [0.717, 1.165) is 12.8 Å². The molecule has 6 unspecified atom stereocenters. The first-order valence-corrected chi connectivity index (χ1v) is 6.42. The molecule has 1 heterocycles. The van der Waals surface area contributed by atoms with Gasteiger partial charge in [-0.2, -0.15) is 0 Å². The van der Waals surface area contributed by atoms with Gasteiger partial charge in [-0.1, -0.05) is 0 Å². The quantitative estimate of drug-likeness (QED) is 0.702. The molecule has 0 radical (unpaired) electrons. The van der Waals surface area contributed by atoms with Crippen LogP contribution in [0.1, 0.15) is 33.6 Å². The third-order valence-electron chi connectivity index (χ3n) is 4.43. The molecule has 2 aliphatic carbocycles. The monoisotopic (exact) mass is 240 g/mol. The average Bonchev–Trinajstić information content (AvgIpc) is 2.80. The molecular weight excluding hydrogens is 220 g/mol. The lowest BCUT2D eigenvalue weighted by Crippen LogP contribution is -2.38. The Bertz CT molecular complexity index is 346. The highest BCUT2D eigenvalue weighted by Gasteiger charge is 2.62. The minimum atomic E-state index is -0.645. The minimum absolute atomic E-state index is 0.0694. The first kappa shape index (κ1) is 11.5. The molecule has 4 heteroatoms. The van der Waals surface area contributed by atoms with E-state index in [1.165, 1.54) is 0 Å². The topological polar surface area (TPSA) is 55.8 Å². The van der Waals surface area contributed by atoms with Crippen molar-refractivity contribution in [1.82, 2.24) is 0 Å². The van der Waals surface area contributed by atoms with Gasteiger partial charge >= 0.3 is 5.97 Å². The first-order valence-electron chi connectivity index (χ1n) is 6.42. The molecular formula is C13H20O4. The van der Waals surface area contributed by atoms with Crippen molar-refractivity contribution in [2.75, 3.05) is 0 Å². The largest absolute Gasteiger partial charge is 0.459 e. The van der Waals surface area contributed by atoms with Crippen LogP contribution < -0.4 is 0 Å². The Hall–Kier alpha value is -0.610. The molecule has 2 bridgehead atoms. The Kier molecular flexibility index (Phi) is 2.33. The van der Waals surface area contributed by atoms with Crippen LogP contribution in [-0.4, -0.2) is 29.6 Å². The number of carbonyl (C=O) groups is 1. The van der Waals surface area contributed by atoms with Crippen molar-refractivity contribution in [3.8, 4) is 0 Å². The summed E-state index contributed by atoms with van der Waals surface area (Å²) in [5.41, 5.74) is -0.474. The van der Waals surface area contributed by atoms with E-state index in [2.05, 4.69) is 0 Å². The van der Waals surface area contributed by atoms with Crippen LogP contribution >= 0.6 is 0 Å². The summed E-state index contributed by atoms with van der Waals surface area (Å²) in [6.45, 7) is 5.57. The third-order valence-corrected chi connectivity index (χ3v) is 4.43.